The molecule has 0 atom stereocenters. The van der Waals surface area contributed by atoms with E-state index >= 15 is 0 Å². The molecular formula is C24H26N4O2. The number of nitrogens with one attached hydrogen (secondary N) is 1. The molecule has 3 aromatic rings. The van der Waals surface area contributed by atoms with Crippen molar-refractivity contribution < 1.29 is 10.0 Å². The molecule has 1 aliphatic heterocycles. The summed E-state index contributed by atoms with van der Waals surface area (Å²) in [5.41, 5.74) is 8.71. The summed E-state index contributed by atoms with van der Waals surface area (Å²) in [6.45, 7) is 2.90. The SMILES string of the molecule is Cn1cc(CCN2CCc3ccc(C=CC(=O)NO)cc3C2)c(-c2ccccc2)n1. The average molecular weight is 402 g/mol. The fourth-order valence-corrected chi connectivity index (χ4v) is 3.98. The monoisotopic (exact) mass is 402 g/mol. The molecule has 1 aromatic heterocycles. The minimum atomic E-state index is -0.528. The van der Waals surface area contributed by atoms with Gasteiger partial charge < -0.3 is 0 Å². The third-order valence-electron chi connectivity index (χ3n) is 5.51. The number of carbonyl (C=O) groups excluding carboxylic acids is 1. The van der Waals surface area contributed by atoms with Crippen molar-refractivity contribution in [2.75, 3.05) is 13.1 Å². The molecule has 0 bridgehead atoms. The summed E-state index contributed by atoms with van der Waals surface area (Å²) in [5.74, 6) is -0.528. The first kappa shape index (κ1) is 20.1. The second-order valence-electron chi connectivity index (χ2n) is 7.66. The van der Waals surface area contributed by atoms with Crippen LogP contribution in [-0.4, -0.2) is 38.9 Å². The summed E-state index contributed by atoms with van der Waals surface area (Å²) in [6, 6.07) is 16.6. The number of benzene rings is 2. The van der Waals surface area contributed by atoms with Crippen LogP contribution in [0.4, 0.5) is 0 Å². The number of nitrogens with zero attached hydrogens (tertiary/aromatic N) is 3. The highest BCUT2D eigenvalue weighted by Crippen LogP contribution is 2.24. The average Bonchev–Trinajstić information content (AvgIpc) is 3.16. The minimum Gasteiger partial charge on any atom is -0.298 e. The van der Waals surface area contributed by atoms with Crippen LogP contribution >= 0.6 is 0 Å². The van der Waals surface area contributed by atoms with Crippen LogP contribution in [0.5, 0.6) is 0 Å². The molecule has 4 rings (SSSR count). The van der Waals surface area contributed by atoms with Gasteiger partial charge in [-0.05, 0) is 41.2 Å². The van der Waals surface area contributed by atoms with Gasteiger partial charge in [0.15, 0.2) is 0 Å². The van der Waals surface area contributed by atoms with Crippen molar-refractivity contribution in [3.8, 4) is 11.3 Å². The molecule has 0 saturated heterocycles. The first-order valence-corrected chi connectivity index (χ1v) is 10.2. The Balaban J connectivity index is 1.44. The summed E-state index contributed by atoms with van der Waals surface area (Å²) in [4.78, 5) is 13.7. The van der Waals surface area contributed by atoms with E-state index in [4.69, 9.17) is 5.21 Å². The molecule has 2 heterocycles. The zero-order chi connectivity index (χ0) is 20.9. The van der Waals surface area contributed by atoms with Gasteiger partial charge in [0, 0.05) is 44.5 Å². The topological polar surface area (TPSA) is 70.4 Å². The number of hydrogen-bond donors (Lipinski definition) is 2. The molecule has 0 fully saturated rings. The first-order valence-electron chi connectivity index (χ1n) is 10.2. The molecule has 0 radical (unpaired) electrons. The Hall–Kier alpha value is -3.22. The third kappa shape index (κ3) is 4.67. The van der Waals surface area contributed by atoms with Crippen LogP contribution < -0.4 is 5.48 Å². The lowest BCUT2D eigenvalue weighted by Crippen LogP contribution is -2.32. The van der Waals surface area contributed by atoms with Crippen LogP contribution in [0.25, 0.3) is 17.3 Å². The summed E-state index contributed by atoms with van der Waals surface area (Å²) >= 11 is 0. The van der Waals surface area contributed by atoms with E-state index in [-0.39, 0.29) is 0 Å². The van der Waals surface area contributed by atoms with Gasteiger partial charge in [-0.2, -0.15) is 5.10 Å². The van der Waals surface area contributed by atoms with E-state index in [1.54, 1.807) is 11.6 Å². The van der Waals surface area contributed by atoms with Crippen LogP contribution in [0.1, 0.15) is 22.3 Å². The largest absolute Gasteiger partial charge is 0.298 e. The van der Waals surface area contributed by atoms with Gasteiger partial charge >= 0.3 is 0 Å². The van der Waals surface area contributed by atoms with Crippen LogP contribution in [0, 0.1) is 0 Å². The predicted octanol–water partition coefficient (Wildman–Crippen LogP) is 3.21. The molecule has 1 amide bonds. The first-order chi connectivity index (χ1) is 14.6. The van der Waals surface area contributed by atoms with Crippen molar-refractivity contribution in [2.45, 2.75) is 19.4 Å². The smallest absolute Gasteiger partial charge is 0.267 e. The van der Waals surface area contributed by atoms with Crippen LogP contribution in [0.2, 0.25) is 0 Å². The Morgan fingerprint density at radius 3 is 2.83 bits per heavy atom. The molecular weight excluding hydrogens is 376 g/mol. The zero-order valence-corrected chi connectivity index (χ0v) is 17.1. The molecule has 0 unspecified atom stereocenters. The van der Waals surface area contributed by atoms with Crippen molar-refractivity contribution in [1.29, 1.82) is 0 Å². The number of aromatic nitrogens is 2. The quantitative estimate of drug-likeness (QED) is 0.377. The number of hydroxylamine groups is 1. The lowest BCUT2D eigenvalue weighted by molar-refractivity contribution is -0.124. The van der Waals surface area contributed by atoms with E-state index < -0.39 is 5.91 Å². The number of fused-ring (bicyclic) bond motifs is 1. The molecule has 1 aliphatic rings. The molecule has 2 aromatic carbocycles. The summed E-state index contributed by atoms with van der Waals surface area (Å²) in [7, 11) is 1.97. The fourth-order valence-electron chi connectivity index (χ4n) is 3.98. The highest BCUT2D eigenvalue weighted by atomic mass is 16.5. The van der Waals surface area contributed by atoms with Crippen molar-refractivity contribution >= 4 is 12.0 Å². The van der Waals surface area contributed by atoms with E-state index in [0.717, 1.165) is 49.3 Å². The second-order valence-corrected chi connectivity index (χ2v) is 7.66. The maximum absolute atomic E-state index is 11.2. The number of rotatable bonds is 6. The molecule has 6 heteroatoms. The molecule has 6 nitrogen and oxygen atoms in total. The summed E-state index contributed by atoms with van der Waals surface area (Å²) < 4.78 is 1.89. The van der Waals surface area contributed by atoms with Gasteiger partial charge in [0.05, 0.1) is 5.69 Å². The van der Waals surface area contributed by atoms with Crippen LogP contribution in [0.3, 0.4) is 0 Å². The summed E-state index contributed by atoms with van der Waals surface area (Å²) in [5, 5.41) is 13.3. The van der Waals surface area contributed by atoms with Crippen molar-refractivity contribution in [2.24, 2.45) is 7.05 Å². The molecule has 2 N–H and O–H groups in total. The molecule has 0 spiro atoms. The Labute approximate surface area is 176 Å². The normalized spacial score (nSPS) is 14.1. The molecule has 30 heavy (non-hydrogen) atoms. The van der Waals surface area contributed by atoms with Gasteiger partial charge in [0.2, 0.25) is 0 Å². The fraction of sp³-hybridized carbons (Fsp3) is 0.250. The Bertz CT molecular complexity index is 1060. The second kappa shape index (κ2) is 9.07. The van der Waals surface area contributed by atoms with E-state index in [9.17, 15) is 4.79 Å². The highest BCUT2D eigenvalue weighted by molar-refractivity contribution is 5.90. The lowest BCUT2D eigenvalue weighted by atomic mass is 9.96. The van der Waals surface area contributed by atoms with Gasteiger partial charge in [0.1, 0.15) is 0 Å². The standard InChI is InChI=1S/C24H26N4O2/c1-27-16-21(24(25-27)20-5-3-2-4-6-20)12-14-28-13-11-19-9-7-18(15-22(19)17-28)8-10-23(29)26-30/h2-10,15-16,30H,11-14,17H2,1H3,(H,26,29). The van der Waals surface area contributed by atoms with Crippen molar-refractivity contribution in [3.63, 3.8) is 0 Å². The van der Waals surface area contributed by atoms with Gasteiger partial charge in [-0.1, -0.05) is 48.5 Å². The molecule has 0 saturated carbocycles. The lowest BCUT2D eigenvalue weighted by Gasteiger charge is -2.29. The number of aryl methyl sites for hydroxylation is 1. The number of amides is 1. The van der Waals surface area contributed by atoms with E-state index in [1.165, 1.54) is 22.8 Å². The number of carbonyl (C=O) groups is 1. The molecule has 154 valence electrons. The maximum Gasteiger partial charge on any atom is 0.267 e. The minimum absolute atomic E-state index is 0.528. The Morgan fingerprint density at radius 1 is 1.20 bits per heavy atom. The Morgan fingerprint density at radius 2 is 2.03 bits per heavy atom. The Kier molecular flexibility index (Phi) is 6.07. The maximum atomic E-state index is 11.2. The van der Waals surface area contributed by atoms with Gasteiger partial charge in [0.25, 0.3) is 5.91 Å². The van der Waals surface area contributed by atoms with Gasteiger partial charge in [-0.25, -0.2) is 5.48 Å². The predicted molar refractivity (Wildman–Crippen MR) is 117 cm³/mol. The van der Waals surface area contributed by atoms with Gasteiger partial charge in [-0.15, -0.1) is 0 Å². The summed E-state index contributed by atoms with van der Waals surface area (Å²) in [6.07, 6.45) is 7.14. The van der Waals surface area contributed by atoms with Crippen molar-refractivity contribution in [3.05, 3.63) is 83.1 Å². The van der Waals surface area contributed by atoms with Gasteiger partial charge in [-0.3, -0.25) is 19.6 Å². The van der Waals surface area contributed by atoms with Crippen LogP contribution in [-0.2, 0) is 31.2 Å². The van der Waals surface area contributed by atoms with E-state index in [2.05, 4.69) is 40.5 Å². The van der Waals surface area contributed by atoms with E-state index in [1.807, 2.05) is 36.0 Å². The van der Waals surface area contributed by atoms with E-state index in [0.29, 0.717) is 0 Å². The van der Waals surface area contributed by atoms with Crippen molar-refractivity contribution in [1.82, 2.24) is 20.2 Å². The third-order valence-corrected chi connectivity index (χ3v) is 5.51. The zero-order valence-electron chi connectivity index (χ0n) is 17.1. The van der Waals surface area contributed by atoms with Crippen LogP contribution in [0.15, 0.2) is 60.8 Å². The highest BCUT2D eigenvalue weighted by Gasteiger charge is 2.18. The molecule has 0 aliphatic carbocycles. The number of hydrogen-bond acceptors (Lipinski definition) is 4.